The first-order valence-electron chi connectivity index (χ1n) is 10.1. The smallest absolute Gasteiger partial charge is 0.387 e. The number of piperidine rings is 1. The predicted octanol–water partition coefficient (Wildman–Crippen LogP) is 4.04. The van der Waals surface area contributed by atoms with E-state index in [1.807, 2.05) is 0 Å². The molecule has 9 heteroatoms. The zero-order valence-corrected chi connectivity index (χ0v) is 18.4. The van der Waals surface area contributed by atoms with Crippen LogP contribution in [0.15, 0.2) is 47.4 Å². The Morgan fingerprint density at radius 1 is 1.10 bits per heavy atom. The Balaban J connectivity index is 1.76. The number of ether oxygens (including phenoxy) is 1. The van der Waals surface area contributed by atoms with Crippen LogP contribution in [-0.2, 0) is 16.6 Å². The standard InChI is InChI=1S/C22H26F2N2O4S/c1-16-6-9-18(14-20(16)31(28,29)26-12-4-3-5-13-26)21(27)25(2)15-17-7-10-19(11-8-17)30-22(23)24/h6-11,14,22H,3-5,12-13,15H2,1-2H3. The number of hydrogen-bond acceptors (Lipinski definition) is 4. The highest BCUT2D eigenvalue weighted by Gasteiger charge is 2.28. The van der Waals surface area contributed by atoms with Gasteiger partial charge >= 0.3 is 6.61 Å². The van der Waals surface area contributed by atoms with Crippen molar-refractivity contribution < 1.29 is 26.7 Å². The topological polar surface area (TPSA) is 66.9 Å². The first-order chi connectivity index (χ1) is 14.7. The van der Waals surface area contributed by atoms with Crippen molar-refractivity contribution in [3.05, 3.63) is 59.2 Å². The minimum atomic E-state index is -3.66. The van der Waals surface area contributed by atoms with Crippen molar-refractivity contribution in [1.29, 1.82) is 0 Å². The van der Waals surface area contributed by atoms with Crippen LogP contribution in [-0.4, -0.2) is 50.3 Å². The zero-order valence-electron chi connectivity index (χ0n) is 17.6. The Labute approximate surface area is 181 Å². The van der Waals surface area contributed by atoms with E-state index in [9.17, 15) is 22.0 Å². The molecule has 2 aromatic rings. The summed E-state index contributed by atoms with van der Waals surface area (Å²) in [6, 6.07) is 10.7. The minimum Gasteiger partial charge on any atom is -0.435 e. The molecule has 0 aliphatic carbocycles. The quantitative estimate of drug-likeness (QED) is 0.636. The third-order valence-corrected chi connectivity index (χ3v) is 7.32. The van der Waals surface area contributed by atoms with Crippen molar-refractivity contribution in [2.45, 2.75) is 44.2 Å². The molecular formula is C22H26F2N2O4S. The van der Waals surface area contributed by atoms with Crippen LogP contribution < -0.4 is 4.74 Å². The van der Waals surface area contributed by atoms with Gasteiger partial charge in [0.25, 0.3) is 5.91 Å². The number of amides is 1. The Morgan fingerprint density at radius 3 is 2.35 bits per heavy atom. The van der Waals surface area contributed by atoms with E-state index < -0.39 is 16.6 Å². The zero-order chi connectivity index (χ0) is 22.6. The lowest BCUT2D eigenvalue weighted by atomic mass is 10.1. The lowest BCUT2D eigenvalue weighted by Crippen LogP contribution is -2.36. The average molecular weight is 453 g/mol. The molecule has 0 saturated carbocycles. The molecule has 0 bridgehead atoms. The van der Waals surface area contributed by atoms with E-state index in [1.54, 1.807) is 38.2 Å². The van der Waals surface area contributed by atoms with E-state index >= 15 is 0 Å². The number of carbonyl (C=O) groups is 1. The van der Waals surface area contributed by atoms with Gasteiger partial charge in [0, 0.05) is 32.2 Å². The van der Waals surface area contributed by atoms with Gasteiger partial charge in [0.2, 0.25) is 10.0 Å². The lowest BCUT2D eigenvalue weighted by Gasteiger charge is -2.27. The van der Waals surface area contributed by atoms with E-state index in [2.05, 4.69) is 4.74 Å². The molecule has 1 aliphatic heterocycles. The van der Waals surface area contributed by atoms with Crippen LogP contribution in [0.2, 0.25) is 0 Å². The predicted molar refractivity (Wildman–Crippen MR) is 113 cm³/mol. The van der Waals surface area contributed by atoms with Gasteiger partial charge in [-0.2, -0.15) is 13.1 Å². The third-order valence-electron chi connectivity index (χ3n) is 5.28. The van der Waals surface area contributed by atoms with Crippen LogP contribution in [0.4, 0.5) is 8.78 Å². The summed E-state index contributed by atoms with van der Waals surface area (Å²) in [6.45, 7) is 0.0382. The summed E-state index contributed by atoms with van der Waals surface area (Å²) in [7, 11) is -2.06. The number of alkyl halides is 2. The number of rotatable bonds is 7. The molecule has 1 amide bonds. The number of benzene rings is 2. The highest BCUT2D eigenvalue weighted by atomic mass is 32.2. The number of carbonyl (C=O) groups excluding carboxylic acids is 1. The summed E-state index contributed by atoms with van der Waals surface area (Å²) in [6.07, 6.45) is 2.69. The van der Waals surface area contributed by atoms with Crippen LogP contribution in [0, 0.1) is 6.92 Å². The second-order valence-corrected chi connectivity index (χ2v) is 9.54. The van der Waals surface area contributed by atoms with Gasteiger partial charge in [-0.25, -0.2) is 8.42 Å². The Hall–Kier alpha value is -2.52. The molecule has 6 nitrogen and oxygen atoms in total. The SMILES string of the molecule is Cc1ccc(C(=O)N(C)Cc2ccc(OC(F)F)cc2)cc1S(=O)(=O)N1CCCCC1. The van der Waals surface area contributed by atoms with Gasteiger partial charge in [0.15, 0.2) is 0 Å². The van der Waals surface area contributed by atoms with Crippen molar-refractivity contribution in [2.24, 2.45) is 0 Å². The normalized spacial score (nSPS) is 15.1. The van der Waals surface area contributed by atoms with Crippen LogP contribution >= 0.6 is 0 Å². The van der Waals surface area contributed by atoms with Gasteiger partial charge in [-0.1, -0.05) is 24.6 Å². The molecule has 0 atom stereocenters. The maximum Gasteiger partial charge on any atom is 0.387 e. The van der Waals surface area contributed by atoms with Crippen LogP contribution in [0.3, 0.4) is 0 Å². The Kier molecular flexibility index (Phi) is 7.27. The second-order valence-electron chi connectivity index (χ2n) is 7.63. The number of halogens is 2. The fourth-order valence-electron chi connectivity index (χ4n) is 3.60. The molecule has 1 aliphatic rings. The highest BCUT2D eigenvalue weighted by molar-refractivity contribution is 7.89. The summed E-state index contributed by atoms with van der Waals surface area (Å²) >= 11 is 0. The maximum absolute atomic E-state index is 13.1. The molecule has 0 unspecified atom stereocenters. The largest absolute Gasteiger partial charge is 0.435 e. The van der Waals surface area contributed by atoms with Gasteiger partial charge < -0.3 is 9.64 Å². The molecule has 31 heavy (non-hydrogen) atoms. The van der Waals surface area contributed by atoms with E-state index in [1.165, 1.54) is 27.4 Å². The van der Waals surface area contributed by atoms with E-state index in [-0.39, 0.29) is 28.7 Å². The fourth-order valence-corrected chi connectivity index (χ4v) is 5.37. The number of nitrogens with zero attached hydrogens (tertiary/aromatic N) is 2. The monoisotopic (exact) mass is 452 g/mol. The van der Waals surface area contributed by atoms with Gasteiger partial charge in [-0.3, -0.25) is 4.79 Å². The first kappa shape index (κ1) is 23.1. The Bertz CT molecular complexity index is 1020. The lowest BCUT2D eigenvalue weighted by molar-refractivity contribution is -0.0498. The van der Waals surface area contributed by atoms with Crippen molar-refractivity contribution in [3.63, 3.8) is 0 Å². The molecule has 168 valence electrons. The third kappa shape index (κ3) is 5.59. The molecule has 0 radical (unpaired) electrons. The van der Waals surface area contributed by atoms with Gasteiger partial charge in [-0.05, 0) is 55.2 Å². The van der Waals surface area contributed by atoms with Crippen LogP contribution in [0.5, 0.6) is 5.75 Å². The van der Waals surface area contributed by atoms with Crippen molar-refractivity contribution >= 4 is 15.9 Å². The fraction of sp³-hybridized carbons (Fsp3) is 0.409. The van der Waals surface area contributed by atoms with Crippen LogP contribution in [0.1, 0.15) is 40.7 Å². The average Bonchev–Trinajstić information content (AvgIpc) is 2.75. The summed E-state index contributed by atoms with van der Waals surface area (Å²) < 4.78 is 56.5. The van der Waals surface area contributed by atoms with Gasteiger partial charge in [0.1, 0.15) is 5.75 Å². The van der Waals surface area contributed by atoms with Crippen molar-refractivity contribution in [2.75, 3.05) is 20.1 Å². The maximum atomic E-state index is 13.1. The summed E-state index contributed by atoms with van der Waals surface area (Å²) in [4.78, 5) is 14.5. The molecule has 1 fully saturated rings. The van der Waals surface area contributed by atoms with Crippen molar-refractivity contribution in [3.8, 4) is 5.75 Å². The Morgan fingerprint density at radius 2 is 1.74 bits per heavy atom. The van der Waals surface area contributed by atoms with Crippen molar-refractivity contribution in [1.82, 2.24) is 9.21 Å². The summed E-state index contributed by atoms with van der Waals surface area (Å²) in [5, 5.41) is 0. The highest BCUT2D eigenvalue weighted by Crippen LogP contribution is 2.25. The van der Waals surface area contributed by atoms with E-state index in [0.29, 0.717) is 18.7 Å². The van der Waals surface area contributed by atoms with Crippen LogP contribution in [0.25, 0.3) is 0 Å². The molecule has 1 heterocycles. The van der Waals surface area contributed by atoms with Gasteiger partial charge in [-0.15, -0.1) is 0 Å². The van der Waals surface area contributed by atoms with E-state index in [0.717, 1.165) is 24.8 Å². The van der Waals surface area contributed by atoms with Gasteiger partial charge in [0.05, 0.1) is 4.90 Å². The number of sulfonamides is 1. The molecule has 0 spiro atoms. The molecule has 0 aromatic heterocycles. The second kappa shape index (κ2) is 9.74. The molecule has 1 saturated heterocycles. The molecular weight excluding hydrogens is 426 g/mol. The molecule has 3 rings (SSSR count). The summed E-state index contributed by atoms with van der Waals surface area (Å²) in [5.41, 5.74) is 1.60. The molecule has 2 aromatic carbocycles. The minimum absolute atomic E-state index is 0.0406. The first-order valence-corrected chi connectivity index (χ1v) is 11.5. The van der Waals surface area contributed by atoms with E-state index in [4.69, 9.17) is 0 Å². The summed E-state index contributed by atoms with van der Waals surface area (Å²) in [5.74, 6) is -0.290. The number of aryl methyl sites for hydroxylation is 1. The number of hydrogen-bond donors (Lipinski definition) is 0. The molecule has 0 N–H and O–H groups in total.